The van der Waals surface area contributed by atoms with Crippen LogP contribution in [-0.2, 0) is 13.6 Å². The Morgan fingerprint density at radius 3 is 2.74 bits per heavy atom. The summed E-state index contributed by atoms with van der Waals surface area (Å²) in [6.45, 7) is 4.10. The van der Waals surface area contributed by atoms with E-state index in [2.05, 4.69) is 27.6 Å². The van der Waals surface area contributed by atoms with E-state index in [-0.39, 0.29) is 0 Å². The fourth-order valence-electron chi connectivity index (χ4n) is 2.67. The van der Waals surface area contributed by atoms with Crippen molar-refractivity contribution in [3.05, 3.63) is 18.0 Å². The number of hydrogen-bond acceptors (Lipinski definition) is 2. The van der Waals surface area contributed by atoms with Crippen LogP contribution in [0, 0.1) is 5.41 Å². The van der Waals surface area contributed by atoms with Crippen molar-refractivity contribution in [2.45, 2.75) is 39.2 Å². The molecule has 1 aliphatic carbocycles. The Morgan fingerprint density at radius 1 is 1.42 bits per heavy atom. The molecule has 1 saturated carbocycles. The molecule has 0 aromatic carbocycles. The second-order valence-corrected chi connectivity index (χ2v) is 5.74. The number of aryl methyl sites for hydroxylation is 1. The van der Waals surface area contributed by atoms with Crippen molar-refractivity contribution in [1.29, 1.82) is 0 Å². The van der Waals surface area contributed by atoms with Crippen LogP contribution in [0.5, 0.6) is 0 Å². The van der Waals surface area contributed by atoms with Gasteiger partial charge in [0.05, 0.1) is 12.2 Å². The van der Waals surface area contributed by atoms with Gasteiger partial charge < -0.3 is 10.6 Å². The first-order chi connectivity index (χ1) is 9.13. The highest BCUT2D eigenvalue weighted by molar-refractivity contribution is 5.79. The quantitative estimate of drug-likeness (QED) is 0.642. The van der Waals surface area contributed by atoms with Gasteiger partial charge in [0.1, 0.15) is 0 Å². The fraction of sp³-hybridized carbons (Fsp3) is 0.714. The average molecular weight is 263 g/mol. The van der Waals surface area contributed by atoms with Gasteiger partial charge in [-0.25, -0.2) is 0 Å². The molecule has 0 unspecified atom stereocenters. The van der Waals surface area contributed by atoms with Gasteiger partial charge in [0.15, 0.2) is 5.96 Å². The van der Waals surface area contributed by atoms with Crippen LogP contribution in [-0.4, -0.2) is 29.3 Å². The molecule has 0 bridgehead atoms. The second-order valence-electron chi connectivity index (χ2n) is 5.74. The molecule has 0 saturated heterocycles. The third kappa shape index (κ3) is 3.72. The zero-order valence-electron chi connectivity index (χ0n) is 12.2. The molecule has 0 atom stereocenters. The number of rotatable bonds is 4. The lowest BCUT2D eigenvalue weighted by Gasteiger charge is -2.25. The molecule has 0 aliphatic heterocycles. The molecule has 5 heteroatoms. The Morgan fingerprint density at radius 2 is 2.16 bits per heavy atom. The number of aromatic nitrogens is 2. The van der Waals surface area contributed by atoms with Crippen molar-refractivity contribution in [2.24, 2.45) is 17.5 Å². The van der Waals surface area contributed by atoms with Crippen molar-refractivity contribution < 1.29 is 0 Å². The summed E-state index contributed by atoms with van der Waals surface area (Å²) in [5, 5.41) is 10.9. The Kier molecular flexibility index (Phi) is 4.45. The van der Waals surface area contributed by atoms with E-state index in [1.807, 2.05) is 31.0 Å². The van der Waals surface area contributed by atoms with E-state index in [4.69, 9.17) is 0 Å². The topological polar surface area (TPSA) is 54.2 Å². The van der Waals surface area contributed by atoms with Crippen LogP contribution in [0.4, 0.5) is 0 Å². The SMILES string of the molecule is CN=C(NCc1ccnn1C)NCC1(C)CCCC1. The number of guanidine groups is 1. The van der Waals surface area contributed by atoms with Crippen LogP contribution in [0.1, 0.15) is 38.3 Å². The maximum absolute atomic E-state index is 4.27. The van der Waals surface area contributed by atoms with Crippen molar-refractivity contribution in [2.75, 3.05) is 13.6 Å². The van der Waals surface area contributed by atoms with Crippen molar-refractivity contribution in [1.82, 2.24) is 20.4 Å². The van der Waals surface area contributed by atoms with Gasteiger partial charge in [-0.15, -0.1) is 0 Å². The Bertz CT molecular complexity index is 429. The lowest BCUT2D eigenvalue weighted by Crippen LogP contribution is -2.42. The first kappa shape index (κ1) is 13.9. The molecular weight excluding hydrogens is 238 g/mol. The lowest BCUT2D eigenvalue weighted by molar-refractivity contribution is 0.334. The fourth-order valence-corrected chi connectivity index (χ4v) is 2.67. The molecule has 2 rings (SSSR count). The summed E-state index contributed by atoms with van der Waals surface area (Å²) in [7, 11) is 3.77. The molecule has 0 spiro atoms. The maximum Gasteiger partial charge on any atom is 0.191 e. The van der Waals surface area contributed by atoms with Gasteiger partial charge in [-0.05, 0) is 24.3 Å². The summed E-state index contributed by atoms with van der Waals surface area (Å²) in [5.41, 5.74) is 1.58. The third-order valence-electron chi connectivity index (χ3n) is 4.08. The zero-order valence-corrected chi connectivity index (χ0v) is 12.2. The minimum absolute atomic E-state index is 0.435. The Labute approximate surface area is 115 Å². The Hall–Kier alpha value is -1.52. The maximum atomic E-state index is 4.27. The third-order valence-corrected chi connectivity index (χ3v) is 4.08. The van der Waals surface area contributed by atoms with Gasteiger partial charge in [-0.1, -0.05) is 19.8 Å². The molecule has 106 valence electrons. The smallest absolute Gasteiger partial charge is 0.191 e. The standard InChI is InChI=1S/C14H25N5/c1-14(7-4-5-8-14)11-17-13(15-2)16-10-12-6-9-18-19(12)3/h6,9H,4-5,7-8,10-11H2,1-3H3,(H2,15,16,17). The number of nitrogens with zero attached hydrogens (tertiary/aromatic N) is 3. The van der Waals surface area contributed by atoms with Gasteiger partial charge in [0.25, 0.3) is 0 Å². The largest absolute Gasteiger partial charge is 0.356 e. The number of aliphatic imine (C=N–C) groups is 1. The summed E-state index contributed by atoms with van der Waals surface area (Å²) < 4.78 is 1.87. The van der Waals surface area contributed by atoms with Crippen LogP contribution in [0.3, 0.4) is 0 Å². The predicted molar refractivity (Wildman–Crippen MR) is 78.0 cm³/mol. The average Bonchev–Trinajstić information content (AvgIpc) is 3.00. The van der Waals surface area contributed by atoms with Crippen molar-refractivity contribution in [3.63, 3.8) is 0 Å². The highest BCUT2D eigenvalue weighted by Crippen LogP contribution is 2.36. The molecule has 1 fully saturated rings. The van der Waals surface area contributed by atoms with E-state index >= 15 is 0 Å². The molecule has 1 heterocycles. The zero-order chi connectivity index (χ0) is 13.7. The van der Waals surface area contributed by atoms with Crippen molar-refractivity contribution >= 4 is 5.96 Å². The van der Waals surface area contributed by atoms with E-state index in [1.165, 1.54) is 25.7 Å². The van der Waals surface area contributed by atoms with Crippen molar-refractivity contribution in [3.8, 4) is 0 Å². The van der Waals surface area contributed by atoms with E-state index in [0.29, 0.717) is 5.41 Å². The summed E-state index contributed by atoms with van der Waals surface area (Å²) in [4.78, 5) is 4.27. The van der Waals surface area contributed by atoms with Gasteiger partial charge >= 0.3 is 0 Å². The van der Waals surface area contributed by atoms with Crippen LogP contribution in [0.2, 0.25) is 0 Å². The minimum Gasteiger partial charge on any atom is -0.356 e. The normalized spacial score (nSPS) is 18.6. The van der Waals surface area contributed by atoms with Crippen LogP contribution in [0.25, 0.3) is 0 Å². The monoisotopic (exact) mass is 263 g/mol. The van der Waals surface area contributed by atoms with Gasteiger partial charge in [0, 0.05) is 26.8 Å². The molecule has 19 heavy (non-hydrogen) atoms. The summed E-state index contributed by atoms with van der Waals surface area (Å²) in [6, 6.07) is 2.01. The molecular formula is C14H25N5. The highest BCUT2D eigenvalue weighted by Gasteiger charge is 2.28. The van der Waals surface area contributed by atoms with Crippen LogP contribution in [0.15, 0.2) is 17.3 Å². The second kappa shape index (κ2) is 6.08. The van der Waals surface area contributed by atoms with Crippen LogP contribution < -0.4 is 10.6 Å². The predicted octanol–water partition coefficient (Wildman–Crippen LogP) is 1.67. The van der Waals surface area contributed by atoms with Crippen LogP contribution >= 0.6 is 0 Å². The lowest BCUT2D eigenvalue weighted by atomic mass is 9.89. The first-order valence-electron chi connectivity index (χ1n) is 7.04. The summed E-state index contributed by atoms with van der Waals surface area (Å²) in [6.07, 6.45) is 7.17. The van der Waals surface area contributed by atoms with Gasteiger partial charge in [0.2, 0.25) is 0 Å². The van der Waals surface area contributed by atoms with E-state index in [1.54, 1.807) is 0 Å². The van der Waals surface area contributed by atoms with Gasteiger partial charge in [-0.2, -0.15) is 5.10 Å². The first-order valence-corrected chi connectivity index (χ1v) is 7.04. The number of nitrogens with one attached hydrogen (secondary N) is 2. The molecule has 1 aromatic rings. The van der Waals surface area contributed by atoms with Gasteiger partial charge in [-0.3, -0.25) is 9.67 Å². The number of hydrogen-bond donors (Lipinski definition) is 2. The Balaban J connectivity index is 1.79. The van der Waals surface area contributed by atoms with E-state index in [0.717, 1.165) is 24.7 Å². The molecule has 5 nitrogen and oxygen atoms in total. The molecule has 1 aliphatic rings. The molecule has 0 amide bonds. The van der Waals surface area contributed by atoms with E-state index in [9.17, 15) is 0 Å². The molecule has 2 N–H and O–H groups in total. The minimum atomic E-state index is 0.435. The molecule has 1 aromatic heterocycles. The highest BCUT2D eigenvalue weighted by atomic mass is 15.3. The molecule has 0 radical (unpaired) electrons. The summed E-state index contributed by atoms with van der Waals surface area (Å²) in [5.74, 6) is 0.870. The van der Waals surface area contributed by atoms with E-state index < -0.39 is 0 Å². The summed E-state index contributed by atoms with van der Waals surface area (Å²) >= 11 is 0.